The molecule has 0 atom stereocenters. The molecule has 0 spiro atoms. The number of benzene rings is 2. The molecule has 0 aliphatic rings. The number of halogens is 1. The van der Waals surface area contributed by atoms with Gasteiger partial charge in [-0.05, 0) is 30.3 Å². The maximum atomic E-state index is 11.6. The van der Waals surface area contributed by atoms with E-state index in [1.165, 1.54) is 10.9 Å². The fourth-order valence-corrected chi connectivity index (χ4v) is 1.78. The summed E-state index contributed by atoms with van der Waals surface area (Å²) in [5, 5.41) is 20.7. The van der Waals surface area contributed by atoms with Crippen molar-refractivity contribution >= 4 is 22.6 Å². The van der Waals surface area contributed by atoms with E-state index in [9.17, 15) is 5.11 Å². The summed E-state index contributed by atoms with van der Waals surface area (Å²) in [5.41, 5.74) is 1.80. The van der Waals surface area contributed by atoms with Crippen LogP contribution in [-0.4, -0.2) is 15.0 Å². The molecule has 0 amide bonds. The molecule has 1 radical (unpaired) electrons. The Morgan fingerprint density at radius 3 is 2.59 bits per heavy atom. The second kappa shape index (κ2) is 3.75. The normalized spacial score (nSPS) is 10.9. The highest BCUT2D eigenvalue weighted by molar-refractivity contribution is 6.31. The van der Waals surface area contributed by atoms with Gasteiger partial charge in [-0.2, -0.15) is 0 Å². The number of rotatable bonds is 1. The Kier molecular flexibility index (Phi) is 2.23. The van der Waals surface area contributed by atoms with Crippen LogP contribution in [0.2, 0.25) is 5.02 Å². The van der Waals surface area contributed by atoms with Gasteiger partial charge < -0.3 is 0 Å². The van der Waals surface area contributed by atoms with Crippen LogP contribution in [-0.2, 0) is 5.11 Å². The number of nitrogens with zero attached hydrogens (tertiary/aromatic N) is 3. The predicted octanol–water partition coefficient (Wildman–Crippen LogP) is 3.22. The average Bonchev–Trinajstić information content (AvgIpc) is 2.72. The molecular weight excluding hydrogens is 238 g/mol. The summed E-state index contributed by atoms with van der Waals surface area (Å²) in [6.45, 7) is 0. The van der Waals surface area contributed by atoms with Crippen molar-refractivity contribution in [2.75, 3.05) is 0 Å². The zero-order valence-electron chi connectivity index (χ0n) is 8.67. The summed E-state index contributed by atoms with van der Waals surface area (Å²) in [6.07, 6.45) is 0. The molecule has 83 valence electrons. The van der Waals surface area contributed by atoms with Crippen molar-refractivity contribution in [3.8, 4) is 11.4 Å². The Morgan fingerprint density at radius 2 is 1.76 bits per heavy atom. The molecule has 0 aliphatic heterocycles. The Morgan fingerprint density at radius 1 is 1.00 bits per heavy atom. The van der Waals surface area contributed by atoms with E-state index in [0.717, 1.165) is 0 Å². The van der Waals surface area contributed by atoms with Crippen LogP contribution in [0.25, 0.3) is 16.7 Å². The van der Waals surface area contributed by atoms with E-state index in [1.54, 1.807) is 36.4 Å². The summed E-state index contributed by atoms with van der Waals surface area (Å²) in [5.74, 6) is -0.112. The maximum Gasteiger partial charge on any atom is 0.206 e. The summed E-state index contributed by atoms with van der Waals surface area (Å²) in [7, 11) is 0. The minimum Gasteiger partial charge on any atom is -0.287 e. The Bertz CT molecular complexity index is 693. The van der Waals surface area contributed by atoms with E-state index < -0.39 is 0 Å². The zero-order chi connectivity index (χ0) is 11.8. The predicted molar refractivity (Wildman–Crippen MR) is 64.0 cm³/mol. The highest BCUT2D eigenvalue weighted by Gasteiger charge is 2.09. The molecule has 0 saturated carbocycles. The maximum absolute atomic E-state index is 11.6. The van der Waals surface area contributed by atoms with Gasteiger partial charge in [0.2, 0.25) is 5.75 Å². The van der Waals surface area contributed by atoms with Crippen LogP contribution in [0.1, 0.15) is 0 Å². The van der Waals surface area contributed by atoms with Crippen molar-refractivity contribution in [3.05, 3.63) is 47.5 Å². The number of aromatic nitrogens is 3. The van der Waals surface area contributed by atoms with Crippen molar-refractivity contribution in [2.45, 2.75) is 0 Å². The summed E-state index contributed by atoms with van der Waals surface area (Å²) >= 11 is 5.87. The molecule has 0 aliphatic carbocycles. The van der Waals surface area contributed by atoms with Crippen molar-refractivity contribution in [3.63, 3.8) is 0 Å². The highest BCUT2D eigenvalue weighted by Crippen LogP contribution is 2.22. The topological polar surface area (TPSA) is 50.6 Å². The fraction of sp³-hybridized carbons (Fsp3) is 0. The van der Waals surface area contributed by atoms with E-state index in [0.29, 0.717) is 21.7 Å². The van der Waals surface area contributed by atoms with Crippen molar-refractivity contribution in [1.82, 2.24) is 15.0 Å². The summed E-state index contributed by atoms with van der Waals surface area (Å²) in [4.78, 5) is 1.34. The molecular formula is C12H7ClN3O. The second-order valence-electron chi connectivity index (χ2n) is 3.59. The molecule has 0 bridgehead atoms. The zero-order valence-corrected chi connectivity index (χ0v) is 9.43. The number of para-hydroxylation sites is 2. The first-order valence-corrected chi connectivity index (χ1v) is 5.41. The van der Waals surface area contributed by atoms with Gasteiger partial charge in [0.1, 0.15) is 16.7 Å². The van der Waals surface area contributed by atoms with Crippen LogP contribution in [0.15, 0.2) is 42.5 Å². The first kappa shape index (κ1) is 10.1. The largest absolute Gasteiger partial charge is 0.287 e. The molecule has 1 heterocycles. The van der Waals surface area contributed by atoms with Crippen LogP contribution >= 0.6 is 11.6 Å². The lowest BCUT2D eigenvalue weighted by Crippen LogP contribution is -1.97. The molecule has 3 rings (SSSR count). The smallest absolute Gasteiger partial charge is 0.206 e. The van der Waals surface area contributed by atoms with E-state index in [-0.39, 0.29) is 5.75 Å². The fourth-order valence-electron chi connectivity index (χ4n) is 1.62. The third kappa shape index (κ3) is 1.72. The van der Waals surface area contributed by atoms with Gasteiger partial charge in [-0.1, -0.05) is 23.7 Å². The van der Waals surface area contributed by atoms with Gasteiger partial charge in [-0.25, -0.2) is 0 Å². The van der Waals surface area contributed by atoms with Crippen LogP contribution < -0.4 is 0 Å². The van der Waals surface area contributed by atoms with E-state index >= 15 is 0 Å². The van der Waals surface area contributed by atoms with Gasteiger partial charge in [-0.15, -0.1) is 15.0 Å². The minimum atomic E-state index is -0.112. The molecule has 5 heteroatoms. The van der Waals surface area contributed by atoms with Crippen LogP contribution in [0.5, 0.6) is 5.75 Å². The number of hydrogen-bond acceptors (Lipinski definition) is 2. The second-order valence-corrected chi connectivity index (χ2v) is 4.03. The summed E-state index contributed by atoms with van der Waals surface area (Å²) in [6, 6.07) is 11.9. The van der Waals surface area contributed by atoms with Crippen molar-refractivity contribution in [1.29, 1.82) is 0 Å². The number of hydrogen-bond donors (Lipinski definition) is 0. The first-order valence-electron chi connectivity index (χ1n) is 5.03. The minimum absolute atomic E-state index is 0.112. The molecule has 2 aromatic carbocycles. The Hall–Kier alpha value is -2.07. The molecule has 17 heavy (non-hydrogen) atoms. The average molecular weight is 245 g/mol. The molecule has 1 aromatic heterocycles. The van der Waals surface area contributed by atoms with Gasteiger partial charge in [0, 0.05) is 5.02 Å². The standard InChI is InChI=1S/C12H7ClN3O/c13-8-5-6-9-10(7-8)15-16(14-9)11-3-1-2-4-12(11)17/h1-7H. The van der Waals surface area contributed by atoms with Crippen molar-refractivity contribution < 1.29 is 5.11 Å². The van der Waals surface area contributed by atoms with E-state index in [4.69, 9.17) is 11.6 Å². The Balaban J connectivity index is 2.22. The van der Waals surface area contributed by atoms with Gasteiger partial charge in [0.15, 0.2) is 0 Å². The molecule has 3 aromatic rings. The summed E-state index contributed by atoms with van der Waals surface area (Å²) < 4.78 is 0. The third-order valence-corrected chi connectivity index (χ3v) is 2.66. The van der Waals surface area contributed by atoms with Crippen LogP contribution in [0.4, 0.5) is 0 Å². The van der Waals surface area contributed by atoms with Gasteiger partial charge in [-0.3, -0.25) is 5.11 Å². The highest BCUT2D eigenvalue weighted by atomic mass is 35.5. The molecule has 0 saturated heterocycles. The van der Waals surface area contributed by atoms with Gasteiger partial charge in [0.05, 0.1) is 0 Å². The lowest BCUT2D eigenvalue weighted by molar-refractivity contribution is 0.351. The van der Waals surface area contributed by atoms with Crippen LogP contribution in [0, 0.1) is 0 Å². The third-order valence-electron chi connectivity index (χ3n) is 2.42. The monoisotopic (exact) mass is 244 g/mol. The lowest BCUT2D eigenvalue weighted by atomic mass is 10.3. The molecule has 0 fully saturated rings. The van der Waals surface area contributed by atoms with Gasteiger partial charge >= 0.3 is 0 Å². The SMILES string of the molecule is [O]c1ccccc1-n1nc2ccc(Cl)cc2n1. The molecule has 0 unspecified atom stereocenters. The lowest BCUT2D eigenvalue weighted by Gasteiger charge is -1.98. The number of fused-ring (bicyclic) bond motifs is 1. The Labute approximate surface area is 102 Å². The van der Waals surface area contributed by atoms with Crippen LogP contribution in [0.3, 0.4) is 0 Å². The molecule has 0 N–H and O–H groups in total. The van der Waals surface area contributed by atoms with Crippen molar-refractivity contribution in [2.24, 2.45) is 0 Å². The quantitative estimate of drug-likeness (QED) is 0.660. The van der Waals surface area contributed by atoms with E-state index in [1.807, 2.05) is 0 Å². The van der Waals surface area contributed by atoms with E-state index in [2.05, 4.69) is 10.2 Å². The van der Waals surface area contributed by atoms with Gasteiger partial charge in [0.25, 0.3) is 0 Å². The first-order chi connectivity index (χ1) is 8.24. The molecule has 4 nitrogen and oxygen atoms in total.